The zero-order chi connectivity index (χ0) is 9.90. The molecular formula is C11H20O2. The first-order valence-electron chi connectivity index (χ1n) is 5.32. The predicted molar refractivity (Wildman–Crippen MR) is 52.4 cm³/mol. The molecule has 2 atom stereocenters. The molecule has 0 unspecified atom stereocenters. The first-order chi connectivity index (χ1) is 6.15. The number of hydrogen-bond acceptors (Lipinski definition) is 2. The molecule has 2 heteroatoms. The number of carbonyl (C=O) groups excluding carboxylic acids is 1. The Kier molecular flexibility index (Phi) is 3.34. The van der Waals surface area contributed by atoms with Crippen LogP contribution in [0.2, 0.25) is 0 Å². The average Bonchev–Trinajstić information content (AvgIpc) is 2.76. The minimum Gasteiger partial charge on any atom is -0.466 e. The number of hydrogen-bond donors (Lipinski definition) is 0. The van der Waals surface area contributed by atoms with Gasteiger partial charge >= 0.3 is 5.97 Å². The molecule has 0 N–H and O–H groups in total. The highest BCUT2D eigenvalue weighted by atomic mass is 16.5. The summed E-state index contributed by atoms with van der Waals surface area (Å²) in [6, 6.07) is 0. The second-order valence-electron chi connectivity index (χ2n) is 4.18. The molecule has 1 aliphatic rings. The van der Waals surface area contributed by atoms with Crippen LogP contribution in [0.1, 0.15) is 46.5 Å². The van der Waals surface area contributed by atoms with Gasteiger partial charge in [-0.05, 0) is 32.6 Å². The van der Waals surface area contributed by atoms with Crippen LogP contribution in [-0.4, -0.2) is 12.6 Å². The highest BCUT2D eigenvalue weighted by Crippen LogP contribution is 2.55. The fourth-order valence-corrected chi connectivity index (χ4v) is 1.87. The Hall–Kier alpha value is -0.530. The number of rotatable bonds is 5. The van der Waals surface area contributed by atoms with Gasteiger partial charge in [-0.3, -0.25) is 4.79 Å². The third kappa shape index (κ3) is 2.23. The van der Waals surface area contributed by atoms with E-state index in [9.17, 15) is 4.79 Å². The second kappa shape index (κ2) is 4.12. The van der Waals surface area contributed by atoms with Crippen molar-refractivity contribution in [2.45, 2.75) is 46.5 Å². The maximum Gasteiger partial charge on any atom is 0.312 e. The van der Waals surface area contributed by atoms with E-state index in [0.29, 0.717) is 12.5 Å². The number of ether oxygens (including phenoxy) is 1. The van der Waals surface area contributed by atoms with Crippen LogP contribution in [-0.2, 0) is 9.53 Å². The maximum absolute atomic E-state index is 11.5. The van der Waals surface area contributed by atoms with E-state index in [2.05, 4.69) is 6.92 Å². The van der Waals surface area contributed by atoms with Crippen molar-refractivity contribution in [3.63, 3.8) is 0 Å². The van der Waals surface area contributed by atoms with E-state index in [1.807, 2.05) is 13.8 Å². The molecule has 1 saturated carbocycles. The summed E-state index contributed by atoms with van der Waals surface area (Å²) in [5.41, 5.74) is -0.134. The third-order valence-electron chi connectivity index (χ3n) is 3.06. The van der Waals surface area contributed by atoms with Gasteiger partial charge in [-0.25, -0.2) is 0 Å². The lowest BCUT2D eigenvalue weighted by atomic mass is 10.0. The van der Waals surface area contributed by atoms with Gasteiger partial charge in [0.05, 0.1) is 12.0 Å². The highest BCUT2D eigenvalue weighted by molar-refractivity contribution is 5.80. The van der Waals surface area contributed by atoms with E-state index < -0.39 is 0 Å². The van der Waals surface area contributed by atoms with Gasteiger partial charge in [-0.1, -0.05) is 19.8 Å². The maximum atomic E-state index is 11.5. The Morgan fingerprint density at radius 3 is 2.77 bits per heavy atom. The molecule has 0 radical (unpaired) electrons. The van der Waals surface area contributed by atoms with E-state index in [1.54, 1.807) is 0 Å². The predicted octanol–water partition coefficient (Wildman–Crippen LogP) is 2.77. The summed E-state index contributed by atoms with van der Waals surface area (Å²) in [7, 11) is 0. The summed E-state index contributed by atoms with van der Waals surface area (Å²) in [5.74, 6) is 0.600. The van der Waals surface area contributed by atoms with Gasteiger partial charge in [0.2, 0.25) is 0 Å². The smallest absolute Gasteiger partial charge is 0.312 e. The molecule has 0 aromatic carbocycles. The zero-order valence-electron chi connectivity index (χ0n) is 8.93. The standard InChI is InChI=1S/C11H20O2/c1-4-6-7-9-8-11(9,3)10(12)13-5-2/h9H,4-8H2,1-3H3/t9-,11-/m0/s1. The van der Waals surface area contributed by atoms with Crippen molar-refractivity contribution in [2.24, 2.45) is 11.3 Å². The summed E-state index contributed by atoms with van der Waals surface area (Å²) in [5, 5.41) is 0. The molecule has 0 saturated heterocycles. The molecule has 13 heavy (non-hydrogen) atoms. The zero-order valence-corrected chi connectivity index (χ0v) is 8.93. The lowest BCUT2D eigenvalue weighted by Crippen LogP contribution is -2.17. The topological polar surface area (TPSA) is 26.3 Å². The molecule has 0 bridgehead atoms. The molecule has 0 heterocycles. The van der Waals surface area contributed by atoms with Crippen LogP contribution in [0.4, 0.5) is 0 Å². The highest BCUT2D eigenvalue weighted by Gasteiger charge is 2.56. The molecule has 0 aliphatic heterocycles. The molecule has 76 valence electrons. The summed E-state index contributed by atoms with van der Waals surface area (Å²) in [6.07, 6.45) is 4.67. The van der Waals surface area contributed by atoms with Crippen LogP contribution in [0.25, 0.3) is 0 Å². The van der Waals surface area contributed by atoms with Gasteiger partial charge in [-0.15, -0.1) is 0 Å². The minimum atomic E-state index is -0.134. The summed E-state index contributed by atoms with van der Waals surface area (Å²) in [6.45, 7) is 6.59. The lowest BCUT2D eigenvalue weighted by Gasteiger charge is -2.09. The van der Waals surface area contributed by atoms with E-state index in [-0.39, 0.29) is 11.4 Å². The largest absolute Gasteiger partial charge is 0.466 e. The number of unbranched alkanes of at least 4 members (excludes halogenated alkanes) is 1. The van der Waals surface area contributed by atoms with Crippen LogP contribution in [0.5, 0.6) is 0 Å². The van der Waals surface area contributed by atoms with E-state index in [0.717, 1.165) is 6.42 Å². The van der Waals surface area contributed by atoms with Crippen LogP contribution < -0.4 is 0 Å². The van der Waals surface area contributed by atoms with Gasteiger partial charge in [0.25, 0.3) is 0 Å². The van der Waals surface area contributed by atoms with Crippen molar-refractivity contribution in [3.8, 4) is 0 Å². The first kappa shape index (κ1) is 10.6. The van der Waals surface area contributed by atoms with E-state index in [1.165, 1.54) is 19.3 Å². The fourth-order valence-electron chi connectivity index (χ4n) is 1.87. The van der Waals surface area contributed by atoms with Crippen LogP contribution in [0.3, 0.4) is 0 Å². The molecule has 2 nitrogen and oxygen atoms in total. The van der Waals surface area contributed by atoms with Crippen molar-refractivity contribution < 1.29 is 9.53 Å². The van der Waals surface area contributed by atoms with Gasteiger partial charge < -0.3 is 4.74 Å². The van der Waals surface area contributed by atoms with Crippen molar-refractivity contribution in [2.75, 3.05) is 6.61 Å². The Morgan fingerprint density at radius 2 is 2.23 bits per heavy atom. The van der Waals surface area contributed by atoms with Crippen LogP contribution in [0, 0.1) is 11.3 Å². The molecule has 0 aromatic heterocycles. The van der Waals surface area contributed by atoms with Gasteiger partial charge in [0.1, 0.15) is 0 Å². The molecular weight excluding hydrogens is 164 g/mol. The van der Waals surface area contributed by atoms with Gasteiger partial charge in [0, 0.05) is 0 Å². The first-order valence-corrected chi connectivity index (χ1v) is 5.32. The Labute approximate surface area is 80.7 Å². The monoisotopic (exact) mass is 184 g/mol. The minimum absolute atomic E-state index is 0.0103. The van der Waals surface area contributed by atoms with Crippen molar-refractivity contribution in [3.05, 3.63) is 0 Å². The van der Waals surface area contributed by atoms with E-state index >= 15 is 0 Å². The summed E-state index contributed by atoms with van der Waals surface area (Å²) < 4.78 is 5.04. The number of esters is 1. The molecule has 0 spiro atoms. The van der Waals surface area contributed by atoms with Gasteiger partial charge in [0.15, 0.2) is 0 Å². The SMILES string of the molecule is CCCC[C@H]1C[C@]1(C)C(=O)OCC. The lowest BCUT2D eigenvalue weighted by molar-refractivity contribution is -0.149. The molecule has 0 aromatic rings. The van der Waals surface area contributed by atoms with E-state index in [4.69, 9.17) is 4.74 Å². The van der Waals surface area contributed by atoms with Crippen molar-refractivity contribution >= 4 is 5.97 Å². The van der Waals surface area contributed by atoms with Crippen LogP contribution in [0.15, 0.2) is 0 Å². The van der Waals surface area contributed by atoms with Crippen molar-refractivity contribution in [1.29, 1.82) is 0 Å². The number of carbonyl (C=O) groups is 1. The Balaban J connectivity index is 2.31. The third-order valence-corrected chi connectivity index (χ3v) is 3.06. The quantitative estimate of drug-likeness (QED) is 0.614. The van der Waals surface area contributed by atoms with Crippen LogP contribution >= 0.6 is 0 Å². The molecule has 1 aliphatic carbocycles. The normalized spacial score (nSPS) is 31.5. The summed E-state index contributed by atoms with van der Waals surface area (Å²) >= 11 is 0. The Bertz CT molecular complexity index is 189. The average molecular weight is 184 g/mol. The molecule has 0 amide bonds. The fraction of sp³-hybridized carbons (Fsp3) is 0.909. The summed E-state index contributed by atoms with van der Waals surface area (Å²) in [4.78, 5) is 11.5. The molecule has 1 fully saturated rings. The van der Waals surface area contributed by atoms with Crippen molar-refractivity contribution in [1.82, 2.24) is 0 Å². The van der Waals surface area contributed by atoms with Gasteiger partial charge in [-0.2, -0.15) is 0 Å². The molecule has 1 rings (SSSR count). The Morgan fingerprint density at radius 1 is 1.54 bits per heavy atom. The second-order valence-corrected chi connectivity index (χ2v) is 4.18.